The number of nitrogens with one attached hydrogen (secondary N) is 1. The maximum atomic E-state index is 13.9. The molecular formula is C15H21BFNO2. The third-order valence-corrected chi connectivity index (χ3v) is 4.71. The van der Waals surface area contributed by atoms with Gasteiger partial charge in [0.15, 0.2) is 0 Å². The molecule has 5 heteroatoms. The lowest BCUT2D eigenvalue weighted by Gasteiger charge is -2.32. The molecule has 108 valence electrons. The highest BCUT2D eigenvalue weighted by Crippen LogP contribution is 2.37. The zero-order chi connectivity index (χ0) is 14.5. The molecule has 0 saturated carbocycles. The summed E-state index contributed by atoms with van der Waals surface area (Å²) in [5, 5.41) is 3.15. The Bertz CT molecular complexity index is 529. The number of hydrogen-bond donors (Lipinski definition) is 1. The van der Waals surface area contributed by atoms with Gasteiger partial charge >= 0.3 is 7.12 Å². The van der Waals surface area contributed by atoms with Gasteiger partial charge in [0.2, 0.25) is 0 Å². The van der Waals surface area contributed by atoms with Crippen LogP contribution in [0, 0.1) is 5.82 Å². The molecule has 0 spiro atoms. The minimum Gasteiger partial charge on any atom is -0.399 e. The van der Waals surface area contributed by atoms with Crippen molar-refractivity contribution in [1.82, 2.24) is 0 Å². The van der Waals surface area contributed by atoms with Crippen molar-refractivity contribution in [2.45, 2.75) is 51.7 Å². The van der Waals surface area contributed by atoms with Crippen LogP contribution in [0.25, 0.3) is 0 Å². The van der Waals surface area contributed by atoms with E-state index in [1.807, 2.05) is 27.7 Å². The van der Waals surface area contributed by atoms with Gasteiger partial charge in [0, 0.05) is 6.54 Å². The first-order valence-corrected chi connectivity index (χ1v) is 7.23. The highest BCUT2D eigenvalue weighted by Gasteiger charge is 2.52. The van der Waals surface area contributed by atoms with Crippen LogP contribution in [0.5, 0.6) is 0 Å². The fourth-order valence-corrected chi connectivity index (χ4v) is 2.77. The lowest BCUT2D eigenvalue weighted by molar-refractivity contribution is 0.00578. The first-order valence-electron chi connectivity index (χ1n) is 7.23. The molecular weight excluding hydrogens is 256 g/mol. The van der Waals surface area contributed by atoms with E-state index in [1.54, 1.807) is 6.07 Å². The Kier molecular flexibility index (Phi) is 3.10. The molecule has 0 aliphatic carbocycles. The average molecular weight is 277 g/mol. The molecule has 3 nitrogen and oxygen atoms in total. The number of anilines is 1. The minimum absolute atomic E-state index is 0.194. The summed E-state index contributed by atoms with van der Waals surface area (Å²) < 4.78 is 26.1. The summed E-state index contributed by atoms with van der Waals surface area (Å²) in [6.07, 6.45) is 1.86. The van der Waals surface area contributed by atoms with Crippen LogP contribution >= 0.6 is 0 Å². The Morgan fingerprint density at radius 2 is 1.80 bits per heavy atom. The van der Waals surface area contributed by atoms with Gasteiger partial charge in [-0.2, -0.15) is 0 Å². The smallest absolute Gasteiger partial charge is 0.399 e. The molecule has 0 bridgehead atoms. The van der Waals surface area contributed by atoms with Gasteiger partial charge in [-0.05, 0) is 57.6 Å². The Balaban J connectivity index is 2.00. The maximum absolute atomic E-state index is 13.9. The van der Waals surface area contributed by atoms with E-state index >= 15 is 0 Å². The second-order valence-electron chi connectivity index (χ2n) is 6.61. The number of fused-ring (bicyclic) bond motifs is 1. The molecule has 1 fully saturated rings. The summed E-state index contributed by atoms with van der Waals surface area (Å²) in [6, 6.07) is 3.29. The monoisotopic (exact) mass is 277 g/mol. The van der Waals surface area contributed by atoms with Crippen molar-refractivity contribution < 1.29 is 13.7 Å². The maximum Gasteiger partial charge on any atom is 0.495 e. The van der Waals surface area contributed by atoms with Crippen molar-refractivity contribution in [3.8, 4) is 0 Å². The molecule has 0 radical (unpaired) electrons. The number of rotatable bonds is 1. The minimum atomic E-state index is -0.422. The highest BCUT2D eigenvalue weighted by atomic mass is 19.1. The predicted molar refractivity (Wildman–Crippen MR) is 78.9 cm³/mol. The van der Waals surface area contributed by atoms with Crippen LogP contribution < -0.4 is 10.8 Å². The van der Waals surface area contributed by atoms with Crippen LogP contribution in [-0.4, -0.2) is 24.9 Å². The lowest BCUT2D eigenvalue weighted by Crippen LogP contribution is -2.41. The summed E-state index contributed by atoms with van der Waals surface area (Å²) in [5.41, 5.74) is 1.81. The Labute approximate surface area is 120 Å². The molecule has 3 rings (SSSR count). The second-order valence-corrected chi connectivity index (χ2v) is 6.61. The standard InChI is InChI=1S/C15H21BFNO2/c1-14(2)15(3,4)20-16(19-14)11-7-8-12(17)13-10(11)6-5-9-18-13/h7-8,18H,5-6,9H2,1-4H3. The van der Waals surface area contributed by atoms with Crippen LogP contribution in [0.4, 0.5) is 10.1 Å². The number of hydrogen-bond acceptors (Lipinski definition) is 3. The van der Waals surface area contributed by atoms with Crippen molar-refractivity contribution in [1.29, 1.82) is 0 Å². The van der Waals surface area contributed by atoms with Crippen molar-refractivity contribution in [3.05, 3.63) is 23.5 Å². The highest BCUT2D eigenvalue weighted by molar-refractivity contribution is 6.62. The van der Waals surface area contributed by atoms with Gasteiger partial charge in [0.05, 0.1) is 16.9 Å². The van der Waals surface area contributed by atoms with E-state index < -0.39 is 7.12 Å². The number of benzene rings is 1. The molecule has 0 amide bonds. The zero-order valence-electron chi connectivity index (χ0n) is 12.5. The topological polar surface area (TPSA) is 30.5 Å². The van der Waals surface area contributed by atoms with E-state index in [0.29, 0.717) is 5.69 Å². The molecule has 2 heterocycles. The second kappa shape index (κ2) is 4.47. The molecule has 1 saturated heterocycles. The van der Waals surface area contributed by atoms with E-state index in [1.165, 1.54) is 6.07 Å². The zero-order valence-corrected chi connectivity index (χ0v) is 12.5. The summed E-state index contributed by atoms with van der Waals surface area (Å²) in [5.74, 6) is -0.194. The fourth-order valence-electron chi connectivity index (χ4n) is 2.77. The molecule has 2 aliphatic rings. The third-order valence-electron chi connectivity index (χ3n) is 4.71. The predicted octanol–water partition coefficient (Wildman–Crippen LogP) is 2.48. The van der Waals surface area contributed by atoms with E-state index in [4.69, 9.17) is 9.31 Å². The van der Waals surface area contributed by atoms with E-state index in [-0.39, 0.29) is 17.0 Å². The van der Waals surface area contributed by atoms with E-state index in [9.17, 15) is 4.39 Å². The molecule has 0 aromatic heterocycles. The van der Waals surface area contributed by atoms with Gasteiger partial charge < -0.3 is 14.6 Å². The summed E-state index contributed by atoms with van der Waals surface area (Å²) >= 11 is 0. The van der Waals surface area contributed by atoms with Gasteiger partial charge in [-0.25, -0.2) is 4.39 Å². The fraction of sp³-hybridized carbons (Fsp3) is 0.600. The van der Waals surface area contributed by atoms with Crippen LogP contribution in [0.15, 0.2) is 12.1 Å². The first-order chi connectivity index (χ1) is 9.32. The molecule has 0 unspecified atom stereocenters. The third kappa shape index (κ3) is 2.04. The lowest BCUT2D eigenvalue weighted by atomic mass is 9.74. The molecule has 1 aromatic carbocycles. The number of halogens is 1. The first kappa shape index (κ1) is 13.9. The van der Waals surface area contributed by atoms with Crippen LogP contribution in [-0.2, 0) is 15.7 Å². The van der Waals surface area contributed by atoms with Crippen LogP contribution in [0.3, 0.4) is 0 Å². The van der Waals surface area contributed by atoms with Crippen molar-refractivity contribution >= 4 is 18.3 Å². The van der Waals surface area contributed by atoms with Gasteiger partial charge in [-0.15, -0.1) is 0 Å². The van der Waals surface area contributed by atoms with E-state index in [2.05, 4.69) is 5.32 Å². The summed E-state index contributed by atoms with van der Waals surface area (Å²) in [7, 11) is -0.422. The van der Waals surface area contributed by atoms with Crippen LogP contribution in [0.1, 0.15) is 39.7 Å². The van der Waals surface area contributed by atoms with Gasteiger partial charge in [0.1, 0.15) is 5.82 Å². The summed E-state index contributed by atoms with van der Waals surface area (Å²) in [4.78, 5) is 0. The average Bonchev–Trinajstić information content (AvgIpc) is 2.59. The molecule has 1 N–H and O–H groups in total. The quantitative estimate of drug-likeness (QED) is 0.800. The van der Waals surface area contributed by atoms with Crippen molar-refractivity contribution in [2.24, 2.45) is 0 Å². The Morgan fingerprint density at radius 3 is 2.45 bits per heavy atom. The molecule has 20 heavy (non-hydrogen) atoms. The largest absolute Gasteiger partial charge is 0.495 e. The van der Waals surface area contributed by atoms with Gasteiger partial charge in [-0.3, -0.25) is 0 Å². The van der Waals surface area contributed by atoms with Gasteiger partial charge in [0.25, 0.3) is 0 Å². The summed E-state index contributed by atoms with van der Waals surface area (Å²) in [6.45, 7) is 8.93. The molecule has 0 atom stereocenters. The van der Waals surface area contributed by atoms with E-state index in [0.717, 1.165) is 30.4 Å². The molecule has 2 aliphatic heterocycles. The van der Waals surface area contributed by atoms with Crippen molar-refractivity contribution in [2.75, 3.05) is 11.9 Å². The normalized spacial score (nSPS) is 23.4. The SMILES string of the molecule is CC1(C)OB(c2ccc(F)c3c2CCCN3)OC1(C)C. The van der Waals surface area contributed by atoms with Crippen LogP contribution in [0.2, 0.25) is 0 Å². The Hall–Kier alpha value is -1.07. The molecule has 1 aromatic rings. The van der Waals surface area contributed by atoms with Gasteiger partial charge in [-0.1, -0.05) is 6.07 Å². The van der Waals surface area contributed by atoms with Crippen molar-refractivity contribution in [3.63, 3.8) is 0 Å². The Morgan fingerprint density at radius 1 is 1.15 bits per heavy atom.